The van der Waals surface area contributed by atoms with Crippen molar-refractivity contribution in [2.45, 2.75) is 31.1 Å². The number of rotatable bonds is 5. The number of benzene rings is 1. The lowest BCUT2D eigenvalue weighted by molar-refractivity contribution is -0.149. The molecule has 2 aliphatic rings. The summed E-state index contributed by atoms with van der Waals surface area (Å²) in [4.78, 5) is 25.7. The fourth-order valence-corrected chi connectivity index (χ4v) is 5.68. The van der Waals surface area contributed by atoms with Crippen LogP contribution in [0.15, 0.2) is 29.2 Å². The number of carboxylic acids is 1. The van der Waals surface area contributed by atoms with Crippen LogP contribution in [0, 0.1) is 11.3 Å². The summed E-state index contributed by atoms with van der Waals surface area (Å²) in [7, 11) is -2.19. The molecular formula is C18H24N2O5S. The second-order valence-corrected chi connectivity index (χ2v) is 9.13. The van der Waals surface area contributed by atoms with E-state index in [2.05, 4.69) is 0 Å². The summed E-state index contributed by atoms with van der Waals surface area (Å²) in [5.74, 6) is -1.30. The van der Waals surface area contributed by atoms with Gasteiger partial charge in [0.25, 0.3) is 5.91 Å². The number of nitrogens with zero attached hydrogens (tertiary/aromatic N) is 2. The summed E-state index contributed by atoms with van der Waals surface area (Å²) >= 11 is 0. The maximum atomic E-state index is 13.1. The molecule has 3 rings (SSSR count). The van der Waals surface area contributed by atoms with Crippen LogP contribution in [-0.2, 0) is 14.8 Å². The first-order chi connectivity index (χ1) is 12.2. The normalized spacial score (nSPS) is 25.8. The molecule has 1 aliphatic heterocycles. The van der Waals surface area contributed by atoms with Crippen molar-refractivity contribution in [2.75, 3.05) is 26.7 Å². The molecule has 0 bridgehead atoms. The zero-order valence-electron chi connectivity index (χ0n) is 15.0. The minimum atomic E-state index is -3.84. The van der Waals surface area contributed by atoms with Gasteiger partial charge in [-0.1, -0.05) is 12.5 Å². The first kappa shape index (κ1) is 18.8. The van der Waals surface area contributed by atoms with Crippen LogP contribution in [-0.4, -0.2) is 61.3 Å². The molecule has 1 amide bonds. The molecule has 1 saturated heterocycles. The molecule has 1 aromatic rings. The molecule has 1 aliphatic carbocycles. The van der Waals surface area contributed by atoms with Crippen molar-refractivity contribution >= 4 is 21.9 Å². The van der Waals surface area contributed by atoms with Crippen LogP contribution < -0.4 is 0 Å². The molecule has 0 radical (unpaired) electrons. The summed E-state index contributed by atoms with van der Waals surface area (Å²) in [6.07, 6.45) is 2.06. The molecule has 1 heterocycles. The van der Waals surface area contributed by atoms with Gasteiger partial charge in [0.15, 0.2) is 0 Å². The van der Waals surface area contributed by atoms with E-state index in [9.17, 15) is 23.1 Å². The van der Waals surface area contributed by atoms with Gasteiger partial charge in [-0.3, -0.25) is 9.59 Å². The predicted octanol–water partition coefficient (Wildman–Crippen LogP) is 1.65. The highest BCUT2D eigenvalue weighted by molar-refractivity contribution is 7.89. The summed E-state index contributed by atoms with van der Waals surface area (Å²) in [5, 5.41) is 9.66. The fourth-order valence-electron chi connectivity index (χ4n) is 4.08. The SMILES string of the molecule is CCN(C)C(=O)c1cccc(S(=O)(=O)N2C[C@@H]3CCC[C@@]3(C(=O)O)C2)c1. The molecule has 0 aromatic heterocycles. The van der Waals surface area contributed by atoms with Crippen LogP contribution in [0.4, 0.5) is 0 Å². The largest absolute Gasteiger partial charge is 0.481 e. The molecule has 142 valence electrons. The van der Waals surface area contributed by atoms with Crippen molar-refractivity contribution in [1.82, 2.24) is 9.21 Å². The van der Waals surface area contributed by atoms with Crippen molar-refractivity contribution in [2.24, 2.45) is 11.3 Å². The number of aliphatic carboxylic acids is 1. The van der Waals surface area contributed by atoms with Gasteiger partial charge in [0.2, 0.25) is 10.0 Å². The van der Waals surface area contributed by atoms with Crippen molar-refractivity contribution in [3.05, 3.63) is 29.8 Å². The Morgan fingerprint density at radius 3 is 2.73 bits per heavy atom. The topological polar surface area (TPSA) is 95.0 Å². The van der Waals surface area contributed by atoms with E-state index in [1.807, 2.05) is 6.92 Å². The molecule has 1 saturated carbocycles. The highest BCUT2D eigenvalue weighted by Crippen LogP contribution is 2.50. The minimum absolute atomic E-state index is 0.00235. The summed E-state index contributed by atoms with van der Waals surface area (Å²) in [6, 6.07) is 5.98. The van der Waals surface area contributed by atoms with Gasteiger partial charge in [0.05, 0.1) is 10.3 Å². The van der Waals surface area contributed by atoms with Gasteiger partial charge in [0.1, 0.15) is 0 Å². The maximum Gasteiger partial charge on any atom is 0.311 e. The van der Waals surface area contributed by atoms with Gasteiger partial charge in [-0.2, -0.15) is 4.31 Å². The van der Waals surface area contributed by atoms with Gasteiger partial charge in [-0.25, -0.2) is 8.42 Å². The summed E-state index contributed by atoms with van der Waals surface area (Å²) < 4.78 is 27.4. The lowest BCUT2D eigenvalue weighted by Gasteiger charge is -2.23. The van der Waals surface area contributed by atoms with E-state index in [0.717, 1.165) is 12.8 Å². The van der Waals surface area contributed by atoms with Crippen LogP contribution in [0.5, 0.6) is 0 Å². The van der Waals surface area contributed by atoms with Gasteiger partial charge in [-0.05, 0) is 43.9 Å². The molecular weight excluding hydrogens is 356 g/mol. The Labute approximate surface area is 153 Å². The lowest BCUT2D eigenvalue weighted by Crippen LogP contribution is -2.37. The van der Waals surface area contributed by atoms with Crippen molar-refractivity contribution in [3.8, 4) is 0 Å². The van der Waals surface area contributed by atoms with Crippen molar-refractivity contribution in [1.29, 1.82) is 0 Å². The Morgan fingerprint density at radius 2 is 2.12 bits per heavy atom. The lowest BCUT2D eigenvalue weighted by atomic mass is 9.81. The summed E-state index contributed by atoms with van der Waals surface area (Å²) in [5.41, 5.74) is -0.661. The average molecular weight is 380 g/mol. The van der Waals surface area contributed by atoms with Gasteiger partial charge < -0.3 is 10.0 Å². The number of sulfonamides is 1. The Morgan fingerprint density at radius 1 is 1.38 bits per heavy atom. The molecule has 2 fully saturated rings. The monoisotopic (exact) mass is 380 g/mol. The van der Waals surface area contributed by atoms with Crippen LogP contribution in [0.2, 0.25) is 0 Å². The first-order valence-electron chi connectivity index (χ1n) is 8.81. The average Bonchev–Trinajstić information content (AvgIpc) is 3.19. The summed E-state index contributed by atoms with van der Waals surface area (Å²) in [6.45, 7) is 2.58. The second-order valence-electron chi connectivity index (χ2n) is 7.20. The molecule has 1 aromatic carbocycles. The number of amides is 1. The van der Waals surface area contributed by atoms with E-state index in [1.54, 1.807) is 19.2 Å². The van der Waals surface area contributed by atoms with E-state index in [0.29, 0.717) is 18.5 Å². The molecule has 26 heavy (non-hydrogen) atoms. The van der Waals surface area contributed by atoms with E-state index in [-0.39, 0.29) is 29.8 Å². The Kier molecular flexibility index (Phi) is 4.83. The second kappa shape index (κ2) is 6.66. The molecule has 0 unspecified atom stereocenters. The number of carboxylic acid groups (broad SMARTS) is 1. The standard InChI is InChI=1S/C18H24N2O5S/c1-3-19(2)16(21)13-6-4-8-15(10-13)26(24,25)20-11-14-7-5-9-18(14,12-20)17(22)23/h4,6,8,10,14H,3,5,7,9,11-12H2,1-2H3,(H,22,23)/t14-,18+/m0/s1. The molecule has 1 N–H and O–H groups in total. The van der Waals surface area contributed by atoms with Crippen LogP contribution in [0.1, 0.15) is 36.5 Å². The van der Waals surface area contributed by atoms with E-state index in [1.165, 1.54) is 21.3 Å². The highest BCUT2D eigenvalue weighted by atomic mass is 32.2. The predicted molar refractivity (Wildman–Crippen MR) is 95.2 cm³/mol. The van der Waals surface area contributed by atoms with Gasteiger partial charge in [0, 0.05) is 32.2 Å². The maximum absolute atomic E-state index is 13.1. The molecule has 0 spiro atoms. The van der Waals surface area contributed by atoms with Crippen LogP contribution >= 0.6 is 0 Å². The van der Waals surface area contributed by atoms with Gasteiger partial charge >= 0.3 is 5.97 Å². The Hall–Kier alpha value is -1.93. The number of carbonyl (C=O) groups excluding carboxylic acids is 1. The van der Waals surface area contributed by atoms with E-state index < -0.39 is 21.4 Å². The van der Waals surface area contributed by atoms with Gasteiger partial charge in [-0.15, -0.1) is 0 Å². The zero-order valence-corrected chi connectivity index (χ0v) is 15.8. The smallest absolute Gasteiger partial charge is 0.311 e. The Bertz CT molecular complexity index is 838. The third kappa shape index (κ3) is 2.91. The van der Waals surface area contributed by atoms with Crippen LogP contribution in [0.3, 0.4) is 0 Å². The van der Waals surface area contributed by atoms with E-state index >= 15 is 0 Å². The number of fused-ring (bicyclic) bond motifs is 1. The minimum Gasteiger partial charge on any atom is -0.481 e. The molecule has 2 atom stereocenters. The third-order valence-electron chi connectivity index (χ3n) is 5.81. The fraction of sp³-hybridized carbons (Fsp3) is 0.556. The van der Waals surface area contributed by atoms with Crippen molar-refractivity contribution in [3.63, 3.8) is 0 Å². The highest BCUT2D eigenvalue weighted by Gasteiger charge is 2.57. The quantitative estimate of drug-likeness (QED) is 0.838. The number of hydrogen-bond donors (Lipinski definition) is 1. The van der Waals surface area contributed by atoms with Crippen molar-refractivity contribution < 1.29 is 23.1 Å². The Balaban J connectivity index is 1.90. The van der Waals surface area contributed by atoms with E-state index in [4.69, 9.17) is 0 Å². The molecule has 7 nitrogen and oxygen atoms in total. The zero-order chi connectivity index (χ0) is 19.1. The first-order valence-corrected chi connectivity index (χ1v) is 10.3. The third-order valence-corrected chi connectivity index (χ3v) is 7.61. The molecule has 8 heteroatoms. The number of hydrogen-bond acceptors (Lipinski definition) is 4. The van der Waals surface area contributed by atoms with Crippen LogP contribution in [0.25, 0.3) is 0 Å². The number of carbonyl (C=O) groups is 2.